The second-order valence-electron chi connectivity index (χ2n) is 6.03. The van der Waals surface area contributed by atoms with E-state index in [1.165, 1.54) is 29.6 Å². The third kappa shape index (κ3) is 4.46. The highest BCUT2D eigenvalue weighted by atomic mass is 32.1. The normalized spacial score (nSPS) is 21.6. The minimum Gasteiger partial charge on any atom is -0.374 e. The Hall–Kier alpha value is -1.65. The molecule has 0 spiro atoms. The maximum atomic E-state index is 11.0. The molecule has 3 rings (SSSR count). The molecule has 8 nitrogen and oxygen atoms in total. The highest BCUT2D eigenvalue weighted by Gasteiger charge is 2.29. The summed E-state index contributed by atoms with van der Waals surface area (Å²) in [5.74, 6) is 0.835. The lowest BCUT2D eigenvalue weighted by molar-refractivity contribution is -0.114. The van der Waals surface area contributed by atoms with Gasteiger partial charge in [-0.25, -0.2) is 0 Å². The van der Waals surface area contributed by atoms with Gasteiger partial charge in [0.05, 0.1) is 0 Å². The number of amides is 1. The van der Waals surface area contributed by atoms with Gasteiger partial charge in [0.2, 0.25) is 16.2 Å². The summed E-state index contributed by atoms with van der Waals surface area (Å²) in [6.07, 6.45) is 3.52. The number of hydrogen-bond acceptors (Lipinski definition) is 9. The van der Waals surface area contributed by atoms with Crippen molar-refractivity contribution in [2.45, 2.75) is 51.7 Å². The van der Waals surface area contributed by atoms with Gasteiger partial charge in [0.25, 0.3) is 0 Å². The Labute approximate surface area is 147 Å². The van der Waals surface area contributed by atoms with Crippen molar-refractivity contribution >= 4 is 38.8 Å². The molecule has 1 fully saturated rings. The number of carbonyl (C=O) groups excluding carboxylic acids is 1. The molecule has 0 aliphatic heterocycles. The molecular formula is C14H20N6O2S2. The fraction of sp³-hybridized carbons (Fsp3) is 0.643. The van der Waals surface area contributed by atoms with Crippen LogP contribution in [-0.4, -0.2) is 37.6 Å². The first-order valence-electron chi connectivity index (χ1n) is 7.87. The summed E-state index contributed by atoms with van der Waals surface area (Å²) >= 11 is 2.95. The SMILES string of the molecule is CC(=O)Nc1nnc(C[C@@H]2CC[C@H](c3nnc(NC(C)O)s3)C2)s1. The first-order chi connectivity index (χ1) is 11.5. The second-order valence-corrected chi connectivity index (χ2v) is 8.10. The van der Waals surface area contributed by atoms with Crippen molar-refractivity contribution in [1.82, 2.24) is 20.4 Å². The van der Waals surface area contributed by atoms with Gasteiger partial charge in [0.1, 0.15) is 16.2 Å². The van der Waals surface area contributed by atoms with Crippen LogP contribution in [0.25, 0.3) is 0 Å². The minimum absolute atomic E-state index is 0.128. The van der Waals surface area contributed by atoms with Gasteiger partial charge in [-0.3, -0.25) is 4.79 Å². The number of aromatic nitrogens is 4. The van der Waals surface area contributed by atoms with Crippen LogP contribution in [0.15, 0.2) is 0 Å². The Morgan fingerprint density at radius 3 is 2.79 bits per heavy atom. The van der Waals surface area contributed by atoms with Gasteiger partial charge in [0.15, 0.2) is 0 Å². The molecular weight excluding hydrogens is 348 g/mol. The molecule has 0 saturated heterocycles. The predicted octanol–water partition coefficient (Wildman–Crippen LogP) is 2.22. The first kappa shape index (κ1) is 17.2. The number of nitrogens with zero attached hydrogens (tertiary/aromatic N) is 4. The zero-order valence-corrected chi connectivity index (χ0v) is 15.2. The molecule has 10 heteroatoms. The van der Waals surface area contributed by atoms with Gasteiger partial charge >= 0.3 is 0 Å². The summed E-state index contributed by atoms with van der Waals surface area (Å²) in [5, 5.41) is 34.5. The van der Waals surface area contributed by atoms with Gasteiger partial charge in [-0.2, -0.15) is 0 Å². The molecule has 0 bridgehead atoms. The van der Waals surface area contributed by atoms with Crippen LogP contribution in [0.4, 0.5) is 10.3 Å². The maximum Gasteiger partial charge on any atom is 0.223 e. The summed E-state index contributed by atoms with van der Waals surface area (Å²) in [6.45, 7) is 3.12. The van der Waals surface area contributed by atoms with E-state index < -0.39 is 6.23 Å². The zero-order valence-electron chi connectivity index (χ0n) is 13.5. The molecule has 1 aliphatic rings. The van der Waals surface area contributed by atoms with E-state index in [2.05, 4.69) is 31.0 Å². The first-order valence-corrected chi connectivity index (χ1v) is 9.51. The fourth-order valence-corrected chi connectivity index (χ4v) is 4.78. The summed E-state index contributed by atoms with van der Waals surface area (Å²) in [5.41, 5.74) is 0. The summed E-state index contributed by atoms with van der Waals surface area (Å²) < 4.78 is 0. The van der Waals surface area contributed by atoms with Crippen molar-refractivity contribution in [3.05, 3.63) is 10.0 Å². The van der Waals surface area contributed by atoms with Gasteiger partial charge in [-0.1, -0.05) is 22.7 Å². The number of rotatable bonds is 6. The summed E-state index contributed by atoms with van der Waals surface area (Å²) in [7, 11) is 0. The van der Waals surface area contributed by atoms with Crippen molar-refractivity contribution in [2.24, 2.45) is 5.92 Å². The Morgan fingerprint density at radius 2 is 2.04 bits per heavy atom. The largest absolute Gasteiger partial charge is 0.374 e. The van der Waals surface area contributed by atoms with E-state index in [1.54, 1.807) is 6.92 Å². The average Bonchev–Trinajstić information content (AvgIpc) is 3.19. The van der Waals surface area contributed by atoms with Gasteiger partial charge < -0.3 is 15.7 Å². The molecule has 24 heavy (non-hydrogen) atoms. The molecule has 3 N–H and O–H groups in total. The van der Waals surface area contributed by atoms with E-state index in [1.807, 2.05) is 0 Å². The molecule has 2 aromatic heterocycles. The molecule has 0 radical (unpaired) electrons. The van der Waals surface area contributed by atoms with Gasteiger partial charge in [-0.15, -0.1) is 20.4 Å². The minimum atomic E-state index is -0.627. The Kier molecular flexibility index (Phi) is 5.36. The smallest absolute Gasteiger partial charge is 0.223 e. The fourth-order valence-electron chi connectivity index (χ4n) is 2.91. The number of hydrogen-bond donors (Lipinski definition) is 3. The molecule has 2 heterocycles. The lowest BCUT2D eigenvalue weighted by Gasteiger charge is -2.07. The van der Waals surface area contributed by atoms with Crippen LogP contribution >= 0.6 is 22.7 Å². The lowest BCUT2D eigenvalue weighted by atomic mass is 10.0. The number of carbonyl (C=O) groups is 1. The quantitative estimate of drug-likeness (QED) is 0.670. The Bertz CT molecular complexity index is 701. The number of aliphatic hydroxyl groups is 1. The predicted molar refractivity (Wildman–Crippen MR) is 93.2 cm³/mol. The van der Waals surface area contributed by atoms with Crippen LogP contribution in [0.3, 0.4) is 0 Å². The number of anilines is 2. The Balaban J connectivity index is 1.54. The summed E-state index contributed by atoms with van der Waals surface area (Å²) in [4.78, 5) is 11.0. The van der Waals surface area contributed by atoms with Crippen molar-refractivity contribution < 1.29 is 9.90 Å². The van der Waals surface area contributed by atoms with E-state index in [9.17, 15) is 9.90 Å². The number of nitrogens with one attached hydrogen (secondary N) is 2. The summed E-state index contributed by atoms with van der Waals surface area (Å²) in [6, 6.07) is 0. The second kappa shape index (κ2) is 7.49. The van der Waals surface area contributed by atoms with Crippen LogP contribution in [0, 0.1) is 5.92 Å². The number of aliphatic hydroxyl groups excluding tert-OH is 1. The van der Waals surface area contributed by atoms with Crippen LogP contribution in [0.2, 0.25) is 0 Å². The van der Waals surface area contributed by atoms with E-state index in [4.69, 9.17) is 0 Å². The van der Waals surface area contributed by atoms with E-state index >= 15 is 0 Å². The molecule has 0 aromatic carbocycles. The lowest BCUT2D eigenvalue weighted by Crippen LogP contribution is -2.12. The highest BCUT2D eigenvalue weighted by Crippen LogP contribution is 2.41. The molecule has 1 saturated carbocycles. The van der Waals surface area contributed by atoms with Gasteiger partial charge in [-0.05, 0) is 32.1 Å². The van der Waals surface area contributed by atoms with Crippen LogP contribution in [0.1, 0.15) is 49.0 Å². The molecule has 1 unspecified atom stereocenters. The van der Waals surface area contributed by atoms with E-state index in [-0.39, 0.29) is 5.91 Å². The zero-order chi connectivity index (χ0) is 17.1. The average molecular weight is 368 g/mol. The van der Waals surface area contributed by atoms with Crippen LogP contribution in [0.5, 0.6) is 0 Å². The van der Waals surface area contributed by atoms with Crippen molar-refractivity contribution in [1.29, 1.82) is 0 Å². The topological polar surface area (TPSA) is 113 Å². The van der Waals surface area contributed by atoms with Crippen LogP contribution in [-0.2, 0) is 11.2 Å². The van der Waals surface area contributed by atoms with Gasteiger partial charge in [0, 0.05) is 19.3 Å². The maximum absolute atomic E-state index is 11.0. The van der Waals surface area contributed by atoms with Crippen molar-refractivity contribution in [2.75, 3.05) is 10.6 Å². The van der Waals surface area contributed by atoms with Crippen molar-refractivity contribution in [3.63, 3.8) is 0 Å². The third-order valence-electron chi connectivity index (χ3n) is 3.88. The molecule has 1 amide bonds. The van der Waals surface area contributed by atoms with E-state index in [0.717, 1.165) is 35.7 Å². The standard InChI is InChI=1S/C14H20N6O2S2/c1-7(21)15-13-19-17-11(23-13)6-9-3-4-10(5-9)12-18-20-14(24-12)16-8(2)22/h8-10,22H,3-6H2,1-2H3,(H,16,20)(H,15,19,21)/t8?,9-,10+/m1/s1. The molecule has 3 atom stereocenters. The third-order valence-corrected chi connectivity index (χ3v) is 5.75. The highest BCUT2D eigenvalue weighted by molar-refractivity contribution is 7.15. The van der Waals surface area contributed by atoms with Crippen molar-refractivity contribution in [3.8, 4) is 0 Å². The molecule has 2 aromatic rings. The van der Waals surface area contributed by atoms with E-state index in [0.29, 0.717) is 22.1 Å². The molecule has 1 aliphatic carbocycles. The Morgan fingerprint density at radius 1 is 1.25 bits per heavy atom. The van der Waals surface area contributed by atoms with Crippen LogP contribution < -0.4 is 10.6 Å². The monoisotopic (exact) mass is 368 g/mol. The molecule has 130 valence electrons.